The highest BCUT2D eigenvalue weighted by Gasteiger charge is 2.33. The number of hydrogen-bond donors (Lipinski definition) is 3. The van der Waals surface area contributed by atoms with Crippen molar-refractivity contribution in [2.75, 3.05) is 68.8 Å². The van der Waals surface area contributed by atoms with Crippen LogP contribution in [0.2, 0.25) is 0 Å². The lowest BCUT2D eigenvalue weighted by atomic mass is 10.1. The van der Waals surface area contributed by atoms with E-state index in [0.717, 1.165) is 19.3 Å². The number of aromatic nitrogens is 1. The summed E-state index contributed by atoms with van der Waals surface area (Å²) in [5.41, 5.74) is 7.92. The van der Waals surface area contributed by atoms with E-state index in [2.05, 4.69) is 57.5 Å². The lowest BCUT2D eigenvalue weighted by Gasteiger charge is -2.40. The zero-order valence-electron chi connectivity index (χ0n) is 23.3. The summed E-state index contributed by atoms with van der Waals surface area (Å²) in [7, 11) is 2.18. The number of likely N-dealkylation sites (N-methyl/N-ethyl adjacent to an activating group) is 1. The van der Waals surface area contributed by atoms with E-state index in [-0.39, 0.29) is 29.2 Å². The molecule has 210 valence electrons. The molecule has 39 heavy (non-hydrogen) atoms. The monoisotopic (exact) mass is 536 g/mol. The first kappa shape index (κ1) is 29.6. The van der Waals surface area contributed by atoms with Crippen LogP contribution in [0.1, 0.15) is 26.3 Å². The first-order valence-corrected chi connectivity index (χ1v) is 13.3. The molecule has 0 saturated carbocycles. The Bertz CT molecular complexity index is 1150. The summed E-state index contributed by atoms with van der Waals surface area (Å²) in [6.45, 7) is 11.2. The maximum absolute atomic E-state index is 12.4. The second-order valence-electron chi connectivity index (χ2n) is 10.2. The van der Waals surface area contributed by atoms with E-state index in [1.54, 1.807) is 4.90 Å². The lowest BCUT2D eigenvalue weighted by molar-refractivity contribution is -0.148. The zero-order valence-corrected chi connectivity index (χ0v) is 23.3. The van der Waals surface area contributed by atoms with Gasteiger partial charge in [-0.3, -0.25) is 19.4 Å². The fraction of sp³-hybridized carbons (Fsp3) is 0.464. The van der Waals surface area contributed by atoms with Crippen molar-refractivity contribution in [1.82, 2.24) is 19.7 Å². The molecule has 4 rings (SSSR count). The van der Waals surface area contributed by atoms with Crippen molar-refractivity contribution < 1.29 is 14.4 Å². The van der Waals surface area contributed by atoms with E-state index in [4.69, 9.17) is 11.1 Å². The molecule has 2 fully saturated rings. The summed E-state index contributed by atoms with van der Waals surface area (Å²) in [5, 5.41) is 9.70. The van der Waals surface area contributed by atoms with Crippen molar-refractivity contribution in [2.45, 2.75) is 26.8 Å². The molecule has 3 amide bonds. The predicted molar refractivity (Wildman–Crippen MR) is 154 cm³/mol. The van der Waals surface area contributed by atoms with Gasteiger partial charge in [-0.15, -0.1) is 0 Å². The van der Waals surface area contributed by atoms with E-state index < -0.39 is 11.8 Å². The molecular formula is C28H40N8O3. The number of amides is 3. The van der Waals surface area contributed by atoms with Crippen molar-refractivity contribution in [3.63, 3.8) is 0 Å². The fourth-order valence-corrected chi connectivity index (χ4v) is 4.53. The van der Waals surface area contributed by atoms with Crippen LogP contribution in [0.4, 0.5) is 17.1 Å². The topological polar surface area (TPSA) is 139 Å². The van der Waals surface area contributed by atoms with Crippen LogP contribution in [0.15, 0.2) is 42.7 Å². The molecule has 1 aromatic heterocycles. The number of pyridine rings is 1. The summed E-state index contributed by atoms with van der Waals surface area (Å²) < 4.78 is 0. The first-order chi connectivity index (χ1) is 18.6. The summed E-state index contributed by atoms with van der Waals surface area (Å²) in [6.07, 6.45) is 3.74. The van der Waals surface area contributed by atoms with E-state index in [1.807, 2.05) is 20.8 Å². The quantitative estimate of drug-likeness (QED) is 0.400. The molecule has 3 heterocycles. The van der Waals surface area contributed by atoms with Crippen LogP contribution in [0.3, 0.4) is 0 Å². The maximum atomic E-state index is 12.4. The molecule has 2 aromatic rings. The number of nitrogens with two attached hydrogens (primary N) is 1. The molecule has 2 aliphatic rings. The number of rotatable bonds is 4. The highest BCUT2D eigenvalue weighted by molar-refractivity contribution is 6.39. The SMILES string of the molecule is CC(C)C(=O)N1CCN(C(=O)C(=O)Nc2cncc(C=N)c2N)CC1C.CN1CCN(c2ccccc2)CC1. The summed E-state index contributed by atoms with van der Waals surface area (Å²) in [6, 6.07) is 10.5. The number of piperazine rings is 2. The Hall–Kier alpha value is -3.99. The number of anilines is 3. The molecule has 1 atom stereocenters. The predicted octanol–water partition coefficient (Wildman–Crippen LogP) is 1.75. The van der Waals surface area contributed by atoms with Crippen molar-refractivity contribution in [2.24, 2.45) is 5.92 Å². The Morgan fingerprint density at radius 2 is 1.72 bits per heavy atom. The highest BCUT2D eigenvalue weighted by atomic mass is 16.2. The second kappa shape index (κ2) is 13.7. The summed E-state index contributed by atoms with van der Waals surface area (Å²) in [4.78, 5) is 48.7. The van der Waals surface area contributed by atoms with Crippen LogP contribution < -0.4 is 16.0 Å². The molecule has 11 nitrogen and oxygen atoms in total. The van der Waals surface area contributed by atoms with Gasteiger partial charge < -0.3 is 36.1 Å². The number of carbonyl (C=O) groups is 3. The van der Waals surface area contributed by atoms with Gasteiger partial charge in [0.15, 0.2) is 0 Å². The zero-order chi connectivity index (χ0) is 28.5. The van der Waals surface area contributed by atoms with Gasteiger partial charge in [0.05, 0.1) is 17.6 Å². The average Bonchev–Trinajstić information content (AvgIpc) is 2.94. The largest absolute Gasteiger partial charge is 0.396 e. The number of nitrogens with zero attached hydrogens (tertiary/aromatic N) is 5. The van der Waals surface area contributed by atoms with Gasteiger partial charge in [-0.25, -0.2) is 0 Å². The van der Waals surface area contributed by atoms with Crippen LogP contribution >= 0.6 is 0 Å². The minimum atomic E-state index is -0.823. The Labute approximate surface area is 230 Å². The third-order valence-corrected chi connectivity index (χ3v) is 6.93. The highest BCUT2D eigenvalue weighted by Crippen LogP contribution is 2.20. The molecule has 0 radical (unpaired) electrons. The van der Waals surface area contributed by atoms with E-state index >= 15 is 0 Å². The standard InChI is InChI=1S/C17H24N6O3.C11H16N2/c1-10(2)16(25)23-5-4-22(9-11(23)3)17(26)15(24)21-13-8-20-7-12(6-18)14(13)19;1-12-7-9-13(10-8-12)11-5-3-2-4-6-11/h6-8,10-11,18H,4-5,9H2,1-3H3,(H2,19,20)(H,21,24);2-6H,7-10H2,1H3. The molecule has 4 N–H and O–H groups in total. The third kappa shape index (κ3) is 7.76. The number of hydrogen-bond acceptors (Lipinski definition) is 8. The summed E-state index contributed by atoms with van der Waals surface area (Å²) >= 11 is 0. The first-order valence-electron chi connectivity index (χ1n) is 13.3. The third-order valence-electron chi connectivity index (χ3n) is 6.93. The van der Waals surface area contributed by atoms with Gasteiger partial charge >= 0.3 is 11.8 Å². The normalized spacial score (nSPS) is 17.8. The van der Waals surface area contributed by atoms with Gasteiger partial charge in [-0.1, -0.05) is 32.0 Å². The van der Waals surface area contributed by atoms with E-state index in [1.165, 1.54) is 36.1 Å². The van der Waals surface area contributed by atoms with Crippen LogP contribution in [0, 0.1) is 11.3 Å². The van der Waals surface area contributed by atoms with E-state index in [9.17, 15) is 14.4 Å². The minimum absolute atomic E-state index is 0.0383. The Morgan fingerprint density at radius 1 is 1.05 bits per heavy atom. The molecule has 0 spiro atoms. The van der Waals surface area contributed by atoms with Crippen LogP contribution in [0.25, 0.3) is 0 Å². The maximum Gasteiger partial charge on any atom is 0.314 e. The number of carbonyl (C=O) groups excluding carboxylic acids is 3. The average molecular weight is 537 g/mol. The molecule has 11 heteroatoms. The van der Waals surface area contributed by atoms with Crippen LogP contribution in [-0.4, -0.2) is 103 Å². The Kier molecular flexibility index (Phi) is 10.4. The molecule has 1 aromatic carbocycles. The second-order valence-corrected chi connectivity index (χ2v) is 10.2. The molecular weight excluding hydrogens is 496 g/mol. The number of nitrogens with one attached hydrogen (secondary N) is 2. The van der Waals surface area contributed by atoms with Gasteiger partial charge in [0.2, 0.25) is 5.91 Å². The van der Waals surface area contributed by atoms with Gasteiger partial charge in [-0.2, -0.15) is 0 Å². The fourth-order valence-electron chi connectivity index (χ4n) is 4.53. The number of benzene rings is 1. The van der Waals surface area contributed by atoms with Crippen molar-refractivity contribution in [3.05, 3.63) is 48.3 Å². The van der Waals surface area contributed by atoms with Gasteiger partial charge in [0, 0.05) is 81.4 Å². The minimum Gasteiger partial charge on any atom is -0.396 e. The molecule has 2 saturated heterocycles. The van der Waals surface area contributed by atoms with Crippen molar-refractivity contribution in [1.29, 1.82) is 5.41 Å². The van der Waals surface area contributed by atoms with Gasteiger partial charge in [-0.05, 0) is 26.1 Å². The Morgan fingerprint density at radius 3 is 2.31 bits per heavy atom. The van der Waals surface area contributed by atoms with Gasteiger partial charge in [0.1, 0.15) is 0 Å². The smallest absolute Gasteiger partial charge is 0.314 e. The van der Waals surface area contributed by atoms with Crippen LogP contribution in [-0.2, 0) is 14.4 Å². The number of nitrogen functional groups attached to an aromatic ring is 1. The molecule has 0 aliphatic carbocycles. The Balaban J connectivity index is 0.000000268. The molecule has 0 bridgehead atoms. The van der Waals surface area contributed by atoms with Crippen molar-refractivity contribution >= 4 is 41.0 Å². The van der Waals surface area contributed by atoms with Gasteiger partial charge in [0.25, 0.3) is 0 Å². The summed E-state index contributed by atoms with van der Waals surface area (Å²) in [5.74, 6) is -1.58. The molecule has 2 aliphatic heterocycles. The van der Waals surface area contributed by atoms with Crippen molar-refractivity contribution in [3.8, 4) is 0 Å². The lowest BCUT2D eigenvalue weighted by Crippen LogP contribution is -2.57. The molecule has 1 unspecified atom stereocenters. The van der Waals surface area contributed by atoms with Crippen LogP contribution in [0.5, 0.6) is 0 Å². The van der Waals surface area contributed by atoms with E-state index in [0.29, 0.717) is 25.2 Å². The number of para-hydroxylation sites is 1.